The Bertz CT molecular complexity index is 1050. The molecule has 38 heavy (non-hydrogen) atoms. The molecular formula is C33H47NO4. The van der Waals surface area contributed by atoms with Crippen LogP contribution in [-0.4, -0.2) is 38.1 Å². The minimum Gasteiger partial charge on any atom is -0.493 e. The van der Waals surface area contributed by atoms with E-state index in [9.17, 15) is 4.79 Å². The number of esters is 1. The molecule has 0 saturated carbocycles. The molecule has 208 valence electrons. The maximum absolute atomic E-state index is 12.7. The quantitative estimate of drug-likeness (QED) is 0.148. The number of benzene rings is 2. The van der Waals surface area contributed by atoms with Crippen molar-refractivity contribution in [3.05, 3.63) is 65.2 Å². The second kappa shape index (κ2) is 14.5. The molecule has 4 atom stereocenters. The lowest BCUT2D eigenvalue weighted by Crippen LogP contribution is -2.27. The van der Waals surface area contributed by atoms with Gasteiger partial charge in [0.1, 0.15) is 11.9 Å². The molecular weight excluding hydrogens is 474 g/mol. The minimum absolute atomic E-state index is 0.00212. The molecule has 0 aliphatic carbocycles. The summed E-state index contributed by atoms with van der Waals surface area (Å²) in [5, 5.41) is 0. The van der Waals surface area contributed by atoms with Gasteiger partial charge in [0.2, 0.25) is 0 Å². The Hall–Kier alpha value is -2.66. The van der Waals surface area contributed by atoms with Gasteiger partial charge in [-0.15, -0.1) is 0 Å². The zero-order valence-electron chi connectivity index (χ0n) is 24.4. The third-order valence-corrected chi connectivity index (χ3v) is 7.76. The van der Waals surface area contributed by atoms with Gasteiger partial charge in [-0.2, -0.15) is 0 Å². The molecule has 0 N–H and O–H groups in total. The van der Waals surface area contributed by atoms with E-state index in [0.717, 1.165) is 36.3 Å². The monoisotopic (exact) mass is 521 g/mol. The molecule has 0 spiro atoms. The number of methoxy groups -OCH3 is 1. The Balaban J connectivity index is 1.83. The summed E-state index contributed by atoms with van der Waals surface area (Å²) in [5.41, 5.74) is 4.59. The topological polar surface area (TPSA) is 57.1 Å². The number of ether oxygens (including phenoxy) is 3. The van der Waals surface area contributed by atoms with E-state index in [0.29, 0.717) is 31.5 Å². The molecule has 0 aromatic heterocycles. The number of hydrogen-bond acceptors (Lipinski definition) is 5. The average Bonchev–Trinajstić information content (AvgIpc) is 3.29. The van der Waals surface area contributed by atoms with E-state index < -0.39 is 0 Å². The maximum Gasteiger partial charge on any atom is 0.310 e. The highest BCUT2D eigenvalue weighted by molar-refractivity contribution is 5.93. The first kappa shape index (κ1) is 29.9. The van der Waals surface area contributed by atoms with Crippen LogP contribution in [0.5, 0.6) is 5.75 Å². The Morgan fingerprint density at radius 1 is 1.05 bits per heavy atom. The number of carbonyl (C=O) groups is 1. The molecule has 1 fully saturated rings. The van der Waals surface area contributed by atoms with Crippen molar-refractivity contribution in [2.75, 3.05) is 20.3 Å². The number of aryl methyl sites for hydroxylation is 1. The summed E-state index contributed by atoms with van der Waals surface area (Å²) in [5.74, 6) is 1.85. The molecule has 3 rings (SSSR count). The second-order valence-electron chi connectivity index (χ2n) is 11.4. The van der Waals surface area contributed by atoms with Crippen LogP contribution in [0, 0.1) is 30.6 Å². The van der Waals surface area contributed by atoms with Crippen molar-refractivity contribution in [3.63, 3.8) is 0 Å². The smallest absolute Gasteiger partial charge is 0.310 e. The summed E-state index contributed by atoms with van der Waals surface area (Å²) in [6.45, 7) is 14.3. The molecule has 1 aliphatic rings. The number of carbonyl (C=O) groups excluding carboxylic acids is 1. The van der Waals surface area contributed by atoms with Crippen LogP contribution in [-0.2, 0) is 20.7 Å². The predicted octanol–water partition coefficient (Wildman–Crippen LogP) is 7.41. The van der Waals surface area contributed by atoms with Gasteiger partial charge in [0.05, 0.1) is 24.3 Å². The van der Waals surface area contributed by atoms with Crippen molar-refractivity contribution in [2.24, 2.45) is 28.7 Å². The molecule has 5 nitrogen and oxygen atoms in total. The Morgan fingerprint density at radius 2 is 1.79 bits per heavy atom. The maximum atomic E-state index is 12.7. The highest BCUT2D eigenvalue weighted by Gasteiger charge is 2.39. The first-order chi connectivity index (χ1) is 18.2. The van der Waals surface area contributed by atoms with E-state index in [1.807, 2.05) is 6.07 Å². The third kappa shape index (κ3) is 8.42. The highest BCUT2D eigenvalue weighted by atomic mass is 16.6. The van der Waals surface area contributed by atoms with Gasteiger partial charge in [-0.1, -0.05) is 70.2 Å². The molecule has 0 unspecified atom stereocenters. The lowest BCUT2D eigenvalue weighted by molar-refractivity contribution is -0.143. The van der Waals surface area contributed by atoms with Crippen LogP contribution in [0.4, 0.5) is 0 Å². The summed E-state index contributed by atoms with van der Waals surface area (Å²) in [6.07, 6.45) is 3.05. The van der Waals surface area contributed by atoms with Crippen LogP contribution in [0.15, 0.2) is 53.5 Å². The van der Waals surface area contributed by atoms with Gasteiger partial charge in [0.25, 0.3) is 0 Å². The number of cyclic esters (lactones) is 1. The lowest BCUT2D eigenvalue weighted by atomic mass is 9.82. The van der Waals surface area contributed by atoms with Crippen molar-refractivity contribution in [2.45, 2.75) is 79.4 Å². The van der Waals surface area contributed by atoms with Crippen LogP contribution in [0.2, 0.25) is 0 Å². The zero-order valence-corrected chi connectivity index (χ0v) is 24.4. The van der Waals surface area contributed by atoms with Gasteiger partial charge in [0.15, 0.2) is 0 Å². The second-order valence-corrected chi connectivity index (χ2v) is 11.4. The Morgan fingerprint density at radius 3 is 2.42 bits per heavy atom. The van der Waals surface area contributed by atoms with Crippen LogP contribution < -0.4 is 4.74 Å². The summed E-state index contributed by atoms with van der Waals surface area (Å²) in [7, 11) is 1.71. The van der Waals surface area contributed by atoms with E-state index in [-0.39, 0.29) is 30.0 Å². The van der Waals surface area contributed by atoms with E-state index in [4.69, 9.17) is 19.2 Å². The van der Waals surface area contributed by atoms with Crippen LogP contribution in [0.1, 0.15) is 76.6 Å². The van der Waals surface area contributed by atoms with Crippen LogP contribution >= 0.6 is 0 Å². The fraction of sp³-hybridized carbons (Fsp3) is 0.576. The number of nitrogens with zero attached hydrogens (tertiary/aromatic N) is 1. The standard InChI is InChI=1S/C33H47NO4/c1-22(2)28(18-26-15-14-24(5)31(19-26)37-17-11-16-36-7)20-30(32-21-29(23(3)4)33(35)38-32)34-25(6)27-12-9-8-10-13-27/h8-10,12-15,19,22-23,25,28-29,32H,11,16-18,20-21H2,1-7H3/t25-,28-,29-,32-/m0/s1. The first-order valence-corrected chi connectivity index (χ1v) is 14.2. The van der Waals surface area contributed by atoms with E-state index in [1.54, 1.807) is 7.11 Å². The normalized spacial score (nSPS) is 19.6. The first-order valence-electron chi connectivity index (χ1n) is 14.2. The van der Waals surface area contributed by atoms with Crippen molar-refractivity contribution < 1.29 is 19.0 Å². The van der Waals surface area contributed by atoms with Gasteiger partial charge in [-0.25, -0.2) is 0 Å². The van der Waals surface area contributed by atoms with Crippen molar-refractivity contribution in [3.8, 4) is 5.75 Å². The van der Waals surface area contributed by atoms with E-state index in [1.165, 1.54) is 11.1 Å². The number of aliphatic imine (C=N–C) groups is 1. The van der Waals surface area contributed by atoms with Crippen LogP contribution in [0.25, 0.3) is 0 Å². The fourth-order valence-corrected chi connectivity index (χ4v) is 5.10. The van der Waals surface area contributed by atoms with Gasteiger partial charge in [-0.3, -0.25) is 9.79 Å². The van der Waals surface area contributed by atoms with Gasteiger partial charge < -0.3 is 14.2 Å². The molecule has 0 radical (unpaired) electrons. The van der Waals surface area contributed by atoms with Crippen molar-refractivity contribution >= 4 is 11.7 Å². The number of rotatable bonds is 14. The van der Waals surface area contributed by atoms with E-state index in [2.05, 4.69) is 84.0 Å². The summed E-state index contributed by atoms with van der Waals surface area (Å²) in [4.78, 5) is 17.9. The van der Waals surface area contributed by atoms with Gasteiger partial charge in [0, 0.05) is 26.6 Å². The van der Waals surface area contributed by atoms with Gasteiger partial charge in [-0.05, 0) is 67.2 Å². The largest absolute Gasteiger partial charge is 0.493 e. The highest BCUT2D eigenvalue weighted by Crippen LogP contribution is 2.33. The molecule has 0 bridgehead atoms. The van der Waals surface area contributed by atoms with Gasteiger partial charge >= 0.3 is 5.97 Å². The van der Waals surface area contributed by atoms with Crippen molar-refractivity contribution in [1.29, 1.82) is 0 Å². The van der Waals surface area contributed by atoms with Crippen molar-refractivity contribution in [1.82, 2.24) is 0 Å². The molecule has 0 amide bonds. The number of hydrogen-bond donors (Lipinski definition) is 0. The Labute approximate surface area is 230 Å². The summed E-state index contributed by atoms with van der Waals surface area (Å²) < 4.78 is 17.2. The third-order valence-electron chi connectivity index (χ3n) is 7.76. The average molecular weight is 522 g/mol. The molecule has 2 aromatic carbocycles. The molecule has 1 aliphatic heterocycles. The minimum atomic E-state index is -0.250. The predicted molar refractivity (Wildman–Crippen MR) is 155 cm³/mol. The SMILES string of the molecule is COCCCOc1cc(C[C@@H](CC(=N[C@@H](C)c2ccccc2)[C@@H]2C[C@@H](C(C)C)C(=O)O2)C(C)C)ccc1C. The molecule has 5 heteroatoms. The van der Waals surface area contributed by atoms with E-state index >= 15 is 0 Å². The zero-order chi connectivity index (χ0) is 27.7. The summed E-state index contributed by atoms with van der Waals surface area (Å²) in [6, 6.07) is 16.9. The molecule has 2 aromatic rings. The van der Waals surface area contributed by atoms with Crippen LogP contribution in [0.3, 0.4) is 0 Å². The lowest BCUT2D eigenvalue weighted by Gasteiger charge is -2.25. The summed E-state index contributed by atoms with van der Waals surface area (Å²) >= 11 is 0. The molecule has 1 saturated heterocycles. The fourth-order valence-electron chi connectivity index (χ4n) is 5.10. The Kier molecular flexibility index (Phi) is 11.4. The molecule has 1 heterocycles.